The molecule has 1 aromatic rings. The molecule has 0 spiro atoms. The summed E-state index contributed by atoms with van der Waals surface area (Å²) in [5, 5.41) is 9.17. The molecule has 3 heteroatoms. The van der Waals surface area contributed by atoms with Gasteiger partial charge in [-0.1, -0.05) is 23.8 Å². The standard InChI is InChI=1S/C13H17NO2/c1-9-3-4-10-8-12(13(15)16)14(2)6-5-11(10)7-9/h3-4,7,12H,5-6,8H2,1-2H3,(H,15,16). The second kappa shape index (κ2) is 4.26. The fraction of sp³-hybridized carbons (Fsp3) is 0.462. The Hall–Kier alpha value is -1.35. The number of carboxylic acids is 1. The Kier molecular flexibility index (Phi) is 2.97. The van der Waals surface area contributed by atoms with E-state index in [9.17, 15) is 9.90 Å². The molecule has 1 unspecified atom stereocenters. The minimum atomic E-state index is -0.726. The monoisotopic (exact) mass is 219 g/mol. The zero-order valence-corrected chi connectivity index (χ0v) is 9.73. The van der Waals surface area contributed by atoms with Crippen molar-refractivity contribution in [2.24, 2.45) is 0 Å². The summed E-state index contributed by atoms with van der Waals surface area (Å²) < 4.78 is 0. The van der Waals surface area contributed by atoms with Crippen LogP contribution >= 0.6 is 0 Å². The number of rotatable bonds is 1. The Morgan fingerprint density at radius 2 is 2.19 bits per heavy atom. The molecule has 0 aromatic heterocycles. The molecule has 0 bridgehead atoms. The van der Waals surface area contributed by atoms with Crippen molar-refractivity contribution < 1.29 is 9.90 Å². The van der Waals surface area contributed by atoms with Crippen LogP contribution in [0.2, 0.25) is 0 Å². The highest BCUT2D eigenvalue weighted by Gasteiger charge is 2.26. The van der Waals surface area contributed by atoms with Crippen LogP contribution in [0.3, 0.4) is 0 Å². The SMILES string of the molecule is Cc1ccc2c(c1)CCN(C)C(C(=O)O)C2. The summed E-state index contributed by atoms with van der Waals surface area (Å²) in [5.74, 6) is -0.726. The summed E-state index contributed by atoms with van der Waals surface area (Å²) in [6.07, 6.45) is 1.55. The van der Waals surface area contributed by atoms with Crippen LogP contribution in [0, 0.1) is 6.92 Å². The van der Waals surface area contributed by atoms with Crippen LogP contribution in [-0.2, 0) is 17.6 Å². The van der Waals surface area contributed by atoms with Crippen molar-refractivity contribution in [2.75, 3.05) is 13.6 Å². The predicted molar refractivity (Wildman–Crippen MR) is 62.6 cm³/mol. The third-order valence-corrected chi connectivity index (χ3v) is 3.33. The van der Waals surface area contributed by atoms with Crippen molar-refractivity contribution >= 4 is 5.97 Å². The van der Waals surface area contributed by atoms with Gasteiger partial charge in [0.15, 0.2) is 0 Å². The van der Waals surface area contributed by atoms with Gasteiger partial charge in [-0.3, -0.25) is 9.69 Å². The van der Waals surface area contributed by atoms with Crippen LogP contribution in [0.25, 0.3) is 0 Å². The third-order valence-electron chi connectivity index (χ3n) is 3.33. The van der Waals surface area contributed by atoms with Gasteiger partial charge in [0.05, 0.1) is 0 Å². The summed E-state index contributed by atoms with van der Waals surface area (Å²) in [6, 6.07) is 5.92. The summed E-state index contributed by atoms with van der Waals surface area (Å²) in [7, 11) is 1.89. The first-order chi connectivity index (χ1) is 7.58. The molecule has 0 saturated heterocycles. The molecule has 0 aliphatic carbocycles. The van der Waals surface area contributed by atoms with Crippen LogP contribution in [0.1, 0.15) is 16.7 Å². The highest BCUT2D eigenvalue weighted by molar-refractivity contribution is 5.74. The molecule has 1 aliphatic heterocycles. The van der Waals surface area contributed by atoms with E-state index in [-0.39, 0.29) is 6.04 Å². The first kappa shape index (κ1) is 11.1. The molecule has 1 aromatic carbocycles. The Morgan fingerprint density at radius 1 is 1.44 bits per heavy atom. The zero-order chi connectivity index (χ0) is 11.7. The molecular formula is C13H17NO2. The van der Waals surface area contributed by atoms with Gasteiger partial charge in [0.1, 0.15) is 6.04 Å². The number of hydrogen-bond donors (Lipinski definition) is 1. The van der Waals surface area contributed by atoms with Gasteiger partial charge in [-0.05, 0) is 37.9 Å². The van der Waals surface area contributed by atoms with Crippen LogP contribution in [0.5, 0.6) is 0 Å². The number of nitrogens with zero attached hydrogens (tertiary/aromatic N) is 1. The number of aryl methyl sites for hydroxylation is 1. The fourth-order valence-corrected chi connectivity index (χ4v) is 2.28. The van der Waals surface area contributed by atoms with Crippen molar-refractivity contribution in [1.29, 1.82) is 0 Å². The maximum absolute atomic E-state index is 11.2. The number of likely N-dealkylation sites (N-methyl/N-ethyl adjacent to an activating group) is 1. The highest BCUT2D eigenvalue weighted by atomic mass is 16.4. The lowest BCUT2D eigenvalue weighted by molar-refractivity contribution is -0.142. The average molecular weight is 219 g/mol. The second-order valence-corrected chi connectivity index (χ2v) is 4.56. The summed E-state index contributed by atoms with van der Waals surface area (Å²) in [5.41, 5.74) is 3.73. The number of carbonyl (C=O) groups is 1. The minimum absolute atomic E-state index is 0.385. The Bertz CT molecular complexity index is 414. The van der Waals surface area contributed by atoms with E-state index in [2.05, 4.69) is 25.1 Å². The molecule has 2 rings (SSSR count). The summed E-state index contributed by atoms with van der Waals surface area (Å²) in [6.45, 7) is 2.89. The molecule has 86 valence electrons. The Morgan fingerprint density at radius 3 is 2.88 bits per heavy atom. The van der Waals surface area contributed by atoms with E-state index in [1.165, 1.54) is 16.7 Å². The summed E-state index contributed by atoms with van der Waals surface area (Å²) >= 11 is 0. The maximum atomic E-state index is 11.2. The van der Waals surface area contributed by atoms with Crippen molar-refractivity contribution in [2.45, 2.75) is 25.8 Å². The number of fused-ring (bicyclic) bond motifs is 1. The number of aliphatic carboxylic acids is 1. The van der Waals surface area contributed by atoms with E-state index in [0.717, 1.165) is 13.0 Å². The topological polar surface area (TPSA) is 40.5 Å². The molecule has 3 nitrogen and oxygen atoms in total. The quantitative estimate of drug-likeness (QED) is 0.777. The lowest BCUT2D eigenvalue weighted by Gasteiger charge is -2.21. The molecule has 1 atom stereocenters. The van der Waals surface area contributed by atoms with Gasteiger partial charge in [-0.15, -0.1) is 0 Å². The normalized spacial score (nSPS) is 21.2. The van der Waals surface area contributed by atoms with Gasteiger partial charge >= 0.3 is 5.97 Å². The first-order valence-electron chi connectivity index (χ1n) is 5.59. The minimum Gasteiger partial charge on any atom is -0.480 e. The van der Waals surface area contributed by atoms with E-state index >= 15 is 0 Å². The van der Waals surface area contributed by atoms with Crippen LogP contribution in [0.4, 0.5) is 0 Å². The first-order valence-corrected chi connectivity index (χ1v) is 5.59. The van der Waals surface area contributed by atoms with Crippen molar-refractivity contribution in [3.05, 3.63) is 34.9 Å². The molecule has 0 amide bonds. The van der Waals surface area contributed by atoms with E-state index in [1.54, 1.807) is 0 Å². The number of carboxylic acid groups (broad SMARTS) is 1. The Balaban J connectivity index is 2.34. The average Bonchev–Trinajstić information content (AvgIpc) is 2.38. The van der Waals surface area contributed by atoms with Gasteiger partial charge in [0.25, 0.3) is 0 Å². The Labute approximate surface area is 95.7 Å². The molecule has 16 heavy (non-hydrogen) atoms. The molecular weight excluding hydrogens is 202 g/mol. The van der Waals surface area contributed by atoms with Crippen LogP contribution in [-0.4, -0.2) is 35.6 Å². The molecule has 1 N–H and O–H groups in total. The van der Waals surface area contributed by atoms with Gasteiger partial charge in [-0.25, -0.2) is 0 Å². The summed E-state index contributed by atoms with van der Waals surface area (Å²) in [4.78, 5) is 13.1. The smallest absolute Gasteiger partial charge is 0.321 e. The van der Waals surface area contributed by atoms with Crippen molar-refractivity contribution in [3.63, 3.8) is 0 Å². The fourth-order valence-electron chi connectivity index (χ4n) is 2.28. The molecule has 1 heterocycles. The lowest BCUT2D eigenvalue weighted by Crippen LogP contribution is -2.39. The van der Waals surface area contributed by atoms with Gasteiger partial charge < -0.3 is 5.11 Å². The highest BCUT2D eigenvalue weighted by Crippen LogP contribution is 2.20. The largest absolute Gasteiger partial charge is 0.480 e. The van der Waals surface area contributed by atoms with Crippen LogP contribution in [0.15, 0.2) is 18.2 Å². The number of benzene rings is 1. The maximum Gasteiger partial charge on any atom is 0.321 e. The molecule has 1 aliphatic rings. The van der Waals surface area contributed by atoms with Gasteiger partial charge in [-0.2, -0.15) is 0 Å². The van der Waals surface area contributed by atoms with Gasteiger partial charge in [0, 0.05) is 6.54 Å². The molecule has 0 radical (unpaired) electrons. The van der Waals surface area contributed by atoms with Crippen molar-refractivity contribution in [1.82, 2.24) is 4.90 Å². The van der Waals surface area contributed by atoms with E-state index in [0.29, 0.717) is 6.42 Å². The van der Waals surface area contributed by atoms with Crippen LogP contribution < -0.4 is 0 Å². The predicted octanol–water partition coefficient (Wildman–Crippen LogP) is 1.48. The number of hydrogen-bond acceptors (Lipinski definition) is 2. The van der Waals surface area contributed by atoms with E-state index in [1.807, 2.05) is 11.9 Å². The van der Waals surface area contributed by atoms with Crippen molar-refractivity contribution in [3.8, 4) is 0 Å². The molecule has 0 fully saturated rings. The van der Waals surface area contributed by atoms with Gasteiger partial charge in [0.2, 0.25) is 0 Å². The van der Waals surface area contributed by atoms with E-state index in [4.69, 9.17) is 0 Å². The lowest BCUT2D eigenvalue weighted by atomic mass is 9.98. The van der Waals surface area contributed by atoms with E-state index < -0.39 is 5.97 Å². The molecule has 0 saturated carbocycles. The second-order valence-electron chi connectivity index (χ2n) is 4.56. The zero-order valence-electron chi connectivity index (χ0n) is 9.73. The third kappa shape index (κ3) is 2.09.